The molecule has 0 unspecified atom stereocenters. The zero-order valence-corrected chi connectivity index (χ0v) is 8.01. The molecule has 1 heterocycles. The molecule has 0 amide bonds. The van der Waals surface area contributed by atoms with E-state index in [0.29, 0.717) is 0 Å². The Morgan fingerprint density at radius 2 is 2.25 bits per heavy atom. The summed E-state index contributed by atoms with van der Waals surface area (Å²) in [5.41, 5.74) is 5.17. The normalized spacial score (nSPS) is 10.1. The lowest BCUT2D eigenvalue weighted by Crippen LogP contribution is -2.08. The molecule has 6 heteroatoms. The molecule has 1 aromatic heterocycles. The zero-order chi connectivity index (χ0) is 11.5. The van der Waals surface area contributed by atoms with Gasteiger partial charge in [-0.15, -0.1) is 0 Å². The second-order valence-electron chi connectivity index (χ2n) is 2.96. The maximum Gasteiger partial charge on any atom is 0.366 e. The molecule has 2 N–H and O–H groups in total. The van der Waals surface area contributed by atoms with E-state index >= 15 is 0 Å². The summed E-state index contributed by atoms with van der Waals surface area (Å²) < 4.78 is 22.1. The van der Waals surface area contributed by atoms with Gasteiger partial charge >= 0.3 is 5.97 Å². The molecule has 0 aliphatic rings. The van der Waals surface area contributed by atoms with E-state index in [2.05, 4.69) is 9.68 Å². The molecule has 0 aliphatic heterocycles. The van der Waals surface area contributed by atoms with Crippen LogP contribution in [0.4, 0.5) is 10.3 Å². The standard InChI is InChI=1S/C10H7FN2O3/c11-6-2-1-3-7(4-6)15-10(14)8-5-9(12)16-13-8/h1-5H,12H2. The Balaban J connectivity index is 2.13. The number of ether oxygens (including phenoxy) is 1. The van der Waals surface area contributed by atoms with Gasteiger partial charge in [0.25, 0.3) is 0 Å². The van der Waals surface area contributed by atoms with Crippen LogP contribution in [0.2, 0.25) is 0 Å². The second-order valence-corrected chi connectivity index (χ2v) is 2.96. The van der Waals surface area contributed by atoms with Crippen LogP contribution < -0.4 is 10.5 Å². The summed E-state index contributed by atoms with van der Waals surface area (Å²) in [4.78, 5) is 11.4. The monoisotopic (exact) mass is 222 g/mol. The summed E-state index contributed by atoms with van der Waals surface area (Å²) in [5, 5.41) is 3.37. The van der Waals surface area contributed by atoms with Crippen LogP contribution >= 0.6 is 0 Å². The molecule has 0 saturated heterocycles. The smallest absolute Gasteiger partial charge is 0.366 e. The first kappa shape index (κ1) is 10.2. The first-order valence-electron chi connectivity index (χ1n) is 4.35. The fourth-order valence-corrected chi connectivity index (χ4v) is 1.08. The highest BCUT2D eigenvalue weighted by Gasteiger charge is 2.13. The number of rotatable bonds is 2. The van der Waals surface area contributed by atoms with Crippen LogP contribution in [0.1, 0.15) is 10.5 Å². The van der Waals surface area contributed by atoms with E-state index in [-0.39, 0.29) is 17.3 Å². The van der Waals surface area contributed by atoms with E-state index in [0.717, 1.165) is 6.07 Å². The molecule has 0 bridgehead atoms. The summed E-state index contributed by atoms with van der Waals surface area (Å²) in [7, 11) is 0. The van der Waals surface area contributed by atoms with Gasteiger partial charge in [0.05, 0.1) is 0 Å². The largest absolute Gasteiger partial charge is 0.422 e. The maximum atomic E-state index is 12.8. The van der Waals surface area contributed by atoms with Crippen LogP contribution in [0.25, 0.3) is 0 Å². The zero-order valence-electron chi connectivity index (χ0n) is 8.01. The number of nitrogen functional groups attached to an aromatic ring is 1. The van der Waals surface area contributed by atoms with E-state index in [4.69, 9.17) is 10.5 Å². The Labute approximate surface area is 89.6 Å². The van der Waals surface area contributed by atoms with E-state index in [9.17, 15) is 9.18 Å². The third kappa shape index (κ3) is 2.17. The number of carbonyl (C=O) groups is 1. The third-order valence-electron chi connectivity index (χ3n) is 1.74. The molecule has 0 saturated carbocycles. The number of carbonyl (C=O) groups excluding carboxylic acids is 1. The van der Waals surface area contributed by atoms with Crippen LogP contribution in [0.3, 0.4) is 0 Å². The molecule has 0 aliphatic carbocycles. The number of hydrogen-bond donors (Lipinski definition) is 1. The summed E-state index contributed by atoms with van der Waals surface area (Å²) in [6.45, 7) is 0. The van der Waals surface area contributed by atoms with Gasteiger partial charge in [0.2, 0.25) is 5.88 Å². The van der Waals surface area contributed by atoms with E-state index in [1.165, 1.54) is 24.3 Å². The van der Waals surface area contributed by atoms with Gasteiger partial charge in [0, 0.05) is 12.1 Å². The maximum absolute atomic E-state index is 12.8. The molecule has 1 aromatic carbocycles. The summed E-state index contributed by atoms with van der Waals surface area (Å²) in [6, 6.07) is 6.42. The van der Waals surface area contributed by atoms with E-state index < -0.39 is 11.8 Å². The number of anilines is 1. The van der Waals surface area contributed by atoms with Gasteiger partial charge in [-0.05, 0) is 12.1 Å². The van der Waals surface area contributed by atoms with E-state index in [1.54, 1.807) is 0 Å². The highest BCUT2D eigenvalue weighted by Crippen LogP contribution is 2.14. The lowest BCUT2D eigenvalue weighted by atomic mass is 10.3. The first-order chi connectivity index (χ1) is 7.65. The lowest BCUT2D eigenvalue weighted by Gasteiger charge is -2.00. The highest BCUT2D eigenvalue weighted by atomic mass is 19.1. The SMILES string of the molecule is Nc1cc(C(=O)Oc2cccc(F)c2)no1. The van der Waals surface area contributed by atoms with Gasteiger partial charge in [-0.25, -0.2) is 9.18 Å². The summed E-state index contributed by atoms with van der Waals surface area (Å²) >= 11 is 0. The minimum absolute atomic E-state index is 0.00573. The Bertz CT molecular complexity index is 524. The minimum Gasteiger partial charge on any atom is -0.422 e. The van der Waals surface area contributed by atoms with Gasteiger partial charge in [-0.1, -0.05) is 11.2 Å². The molecule has 82 valence electrons. The molecule has 2 rings (SSSR count). The molecular formula is C10H7FN2O3. The van der Waals surface area contributed by atoms with Crippen LogP contribution in [0.15, 0.2) is 34.9 Å². The van der Waals surface area contributed by atoms with Gasteiger partial charge < -0.3 is 15.0 Å². The molecule has 0 spiro atoms. The molecule has 16 heavy (non-hydrogen) atoms. The van der Waals surface area contributed by atoms with Crippen molar-refractivity contribution in [3.05, 3.63) is 41.8 Å². The summed E-state index contributed by atoms with van der Waals surface area (Å²) in [5.74, 6) is -1.16. The van der Waals surface area contributed by atoms with Crippen molar-refractivity contribution in [1.82, 2.24) is 5.16 Å². The predicted octanol–water partition coefficient (Wildman–Crippen LogP) is 1.62. The Hall–Kier alpha value is -2.37. The lowest BCUT2D eigenvalue weighted by molar-refractivity contribution is 0.0723. The summed E-state index contributed by atoms with van der Waals surface area (Å²) in [6.07, 6.45) is 0. The Morgan fingerprint density at radius 1 is 1.44 bits per heavy atom. The molecular weight excluding hydrogens is 215 g/mol. The highest BCUT2D eigenvalue weighted by molar-refractivity contribution is 5.89. The predicted molar refractivity (Wildman–Crippen MR) is 52.3 cm³/mol. The van der Waals surface area contributed by atoms with Crippen molar-refractivity contribution in [2.45, 2.75) is 0 Å². The molecule has 0 radical (unpaired) electrons. The van der Waals surface area contributed by atoms with Crippen LogP contribution in [-0.2, 0) is 0 Å². The van der Waals surface area contributed by atoms with Crippen LogP contribution in [-0.4, -0.2) is 11.1 Å². The number of esters is 1. The first-order valence-corrected chi connectivity index (χ1v) is 4.35. The number of aromatic nitrogens is 1. The topological polar surface area (TPSA) is 78.4 Å². The Morgan fingerprint density at radius 3 is 2.88 bits per heavy atom. The van der Waals surface area contributed by atoms with Crippen molar-refractivity contribution >= 4 is 11.9 Å². The molecule has 0 fully saturated rings. The van der Waals surface area contributed by atoms with Gasteiger partial charge in [0.15, 0.2) is 5.69 Å². The number of halogens is 1. The van der Waals surface area contributed by atoms with Crippen molar-refractivity contribution in [2.75, 3.05) is 5.73 Å². The van der Waals surface area contributed by atoms with Gasteiger partial charge in [-0.3, -0.25) is 0 Å². The molecule has 5 nitrogen and oxygen atoms in total. The van der Waals surface area contributed by atoms with E-state index in [1.807, 2.05) is 0 Å². The van der Waals surface area contributed by atoms with Crippen molar-refractivity contribution in [3.8, 4) is 5.75 Å². The van der Waals surface area contributed by atoms with Crippen LogP contribution in [0, 0.1) is 5.82 Å². The number of nitrogens with zero attached hydrogens (tertiary/aromatic N) is 1. The number of nitrogens with two attached hydrogens (primary N) is 1. The van der Waals surface area contributed by atoms with Gasteiger partial charge in [0.1, 0.15) is 11.6 Å². The number of benzene rings is 1. The van der Waals surface area contributed by atoms with Crippen LogP contribution in [0.5, 0.6) is 5.75 Å². The second kappa shape index (κ2) is 4.01. The Kier molecular flexibility index (Phi) is 2.55. The van der Waals surface area contributed by atoms with Gasteiger partial charge in [-0.2, -0.15) is 0 Å². The molecule has 0 atom stereocenters. The number of hydrogen-bond acceptors (Lipinski definition) is 5. The minimum atomic E-state index is -0.758. The average molecular weight is 222 g/mol. The third-order valence-corrected chi connectivity index (χ3v) is 1.74. The quantitative estimate of drug-likeness (QED) is 0.617. The molecule has 2 aromatic rings. The van der Waals surface area contributed by atoms with Crippen molar-refractivity contribution < 1.29 is 18.4 Å². The fraction of sp³-hybridized carbons (Fsp3) is 0. The van der Waals surface area contributed by atoms with Crippen molar-refractivity contribution in [3.63, 3.8) is 0 Å². The fourth-order valence-electron chi connectivity index (χ4n) is 1.08. The average Bonchev–Trinajstić information content (AvgIpc) is 2.65. The van der Waals surface area contributed by atoms with Crippen molar-refractivity contribution in [1.29, 1.82) is 0 Å². The van der Waals surface area contributed by atoms with Crippen molar-refractivity contribution in [2.24, 2.45) is 0 Å².